The van der Waals surface area contributed by atoms with Crippen LogP contribution in [0.5, 0.6) is 0 Å². The second kappa shape index (κ2) is 3.94. The Bertz CT molecular complexity index is 91.3. The van der Waals surface area contributed by atoms with Crippen molar-refractivity contribution >= 4 is 0 Å². The Morgan fingerprint density at radius 1 is 1.60 bits per heavy atom. The highest BCUT2D eigenvalue weighted by Crippen LogP contribution is 2.06. The van der Waals surface area contributed by atoms with Crippen molar-refractivity contribution in [1.82, 2.24) is 10.2 Å². The zero-order valence-corrected chi connectivity index (χ0v) is 7.06. The van der Waals surface area contributed by atoms with Crippen molar-refractivity contribution in [3.63, 3.8) is 0 Å². The fourth-order valence-corrected chi connectivity index (χ4v) is 1.62. The molecule has 2 nitrogen and oxygen atoms in total. The van der Waals surface area contributed by atoms with E-state index < -0.39 is 0 Å². The van der Waals surface area contributed by atoms with Crippen LogP contribution in [0.3, 0.4) is 0 Å². The van der Waals surface area contributed by atoms with Gasteiger partial charge in [-0.2, -0.15) is 0 Å². The van der Waals surface area contributed by atoms with Crippen molar-refractivity contribution in [3.05, 3.63) is 0 Å². The number of nitrogens with one attached hydrogen (secondary N) is 1. The average Bonchev–Trinajstić information content (AvgIpc) is 1.88. The fourth-order valence-electron chi connectivity index (χ4n) is 1.62. The number of piperidine rings is 1. The Balaban J connectivity index is 2.18. The van der Waals surface area contributed by atoms with Gasteiger partial charge < -0.3 is 10.2 Å². The minimum atomic E-state index is 0.753. The summed E-state index contributed by atoms with van der Waals surface area (Å²) in [5, 5.41) is 3.47. The zero-order valence-electron chi connectivity index (χ0n) is 7.06. The lowest BCUT2D eigenvalue weighted by Crippen LogP contribution is -2.43. The van der Waals surface area contributed by atoms with E-state index in [0.717, 1.165) is 12.6 Å². The van der Waals surface area contributed by atoms with Gasteiger partial charge in [0.25, 0.3) is 0 Å². The lowest BCUT2D eigenvalue weighted by atomic mass is 10.1. The minimum absolute atomic E-state index is 0.753. The summed E-state index contributed by atoms with van der Waals surface area (Å²) in [7, 11) is 2.20. The van der Waals surface area contributed by atoms with Crippen molar-refractivity contribution in [2.45, 2.75) is 25.8 Å². The quantitative estimate of drug-likeness (QED) is 0.610. The first-order valence-electron chi connectivity index (χ1n) is 4.25. The van der Waals surface area contributed by atoms with E-state index in [4.69, 9.17) is 0 Å². The van der Waals surface area contributed by atoms with Crippen LogP contribution in [0.1, 0.15) is 19.8 Å². The predicted molar refractivity (Wildman–Crippen MR) is 44.2 cm³/mol. The SMILES string of the molecule is CCN[C@H]1CCCN(C)C1. The molecule has 0 unspecified atom stereocenters. The van der Waals surface area contributed by atoms with E-state index in [2.05, 4.69) is 24.2 Å². The van der Waals surface area contributed by atoms with Gasteiger partial charge >= 0.3 is 0 Å². The molecule has 0 saturated carbocycles. The number of likely N-dealkylation sites (tertiary alicyclic amines) is 1. The van der Waals surface area contributed by atoms with Crippen LogP contribution in [0.4, 0.5) is 0 Å². The summed E-state index contributed by atoms with van der Waals surface area (Å²) in [5.41, 5.74) is 0. The van der Waals surface area contributed by atoms with E-state index in [1.54, 1.807) is 0 Å². The van der Waals surface area contributed by atoms with Crippen LogP contribution in [0, 0.1) is 0 Å². The molecule has 0 amide bonds. The lowest BCUT2D eigenvalue weighted by molar-refractivity contribution is 0.229. The molecule has 0 spiro atoms. The van der Waals surface area contributed by atoms with Crippen LogP contribution in [-0.2, 0) is 0 Å². The number of rotatable bonds is 2. The third-order valence-electron chi connectivity index (χ3n) is 2.12. The highest BCUT2D eigenvalue weighted by atomic mass is 15.1. The maximum atomic E-state index is 3.47. The largest absolute Gasteiger partial charge is 0.313 e. The Kier molecular flexibility index (Phi) is 3.16. The first kappa shape index (κ1) is 8.02. The normalized spacial score (nSPS) is 28.8. The topological polar surface area (TPSA) is 15.3 Å². The molecule has 1 heterocycles. The molecule has 1 rings (SSSR count). The monoisotopic (exact) mass is 142 g/mol. The van der Waals surface area contributed by atoms with Crippen molar-refractivity contribution in [2.75, 3.05) is 26.7 Å². The summed E-state index contributed by atoms with van der Waals surface area (Å²) < 4.78 is 0. The molecule has 0 aliphatic carbocycles. The third-order valence-corrected chi connectivity index (χ3v) is 2.12. The summed E-state index contributed by atoms with van der Waals surface area (Å²) in [6, 6.07) is 0.753. The molecule has 0 aromatic heterocycles. The maximum absolute atomic E-state index is 3.47. The number of likely N-dealkylation sites (N-methyl/N-ethyl adjacent to an activating group) is 2. The molecule has 1 fully saturated rings. The van der Waals surface area contributed by atoms with Gasteiger partial charge in [-0.05, 0) is 33.0 Å². The summed E-state index contributed by atoms with van der Waals surface area (Å²) in [4.78, 5) is 2.40. The van der Waals surface area contributed by atoms with Crippen LogP contribution in [-0.4, -0.2) is 37.6 Å². The Labute approximate surface area is 63.6 Å². The van der Waals surface area contributed by atoms with Gasteiger partial charge in [0.05, 0.1) is 0 Å². The van der Waals surface area contributed by atoms with Crippen LogP contribution in [0.2, 0.25) is 0 Å². The van der Waals surface area contributed by atoms with Crippen molar-refractivity contribution in [1.29, 1.82) is 0 Å². The molecule has 0 aromatic carbocycles. The van der Waals surface area contributed by atoms with Gasteiger partial charge in [-0.1, -0.05) is 6.92 Å². The Morgan fingerprint density at radius 2 is 2.40 bits per heavy atom. The van der Waals surface area contributed by atoms with Crippen LogP contribution < -0.4 is 5.32 Å². The molecule has 1 atom stereocenters. The molecule has 10 heavy (non-hydrogen) atoms. The summed E-state index contributed by atoms with van der Waals surface area (Å²) in [6.45, 7) is 5.79. The molecule has 1 saturated heterocycles. The van der Waals surface area contributed by atoms with Crippen LogP contribution in [0.15, 0.2) is 0 Å². The van der Waals surface area contributed by atoms with Gasteiger partial charge in [0.15, 0.2) is 0 Å². The molecular formula is C8H18N2. The number of hydrogen-bond donors (Lipinski definition) is 1. The average molecular weight is 142 g/mol. The van der Waals surface area contributed by atoms with Gasteiger partial charge in [0.1, 0.15) is 0 Å². The molecule has 1 N–H and O–H groups in total. The van der Waals surface area contributed by atoms with E-state index in [9.17, 15) is 0 Å². The molecule has 1 aliphatic heterocycles. The molecule has 0 bridgehead atoms. The fraction of sp³-hybridized carbons (Fsp3) is 1.00. The van der Waals surface area contributed by atoms with Gasteiger partial charge in [-0.15, -0.1) is 0 Å². The van der Waals surface area contributed by atoms with E-state index in [0.29, 0.717) is 0 Å². The second-order valence-electron chi connectivity index (χ2n) is 3.16. The highest BCUT2D eigenvalue weighted by molar-refractivity contribution is 4.75. The van der Waals surface area contributed by atoms with Gasteiger partial charge in [0.2, 0.25) is 0 Å². The summed E-state index contributed by atoms with van der Waals surface area (Å²) >= 11 is 0. The van der Waals surface area contributed by atoms with Crippen molar-refractivity contribution < 1.29 is 0 Å². The predicted octanol–water partition coefficient (Wildman–Crippen LogP) is 0.690. The molecule has 60 valence electrons. The van der Waals surface area contributed by atoms with Gasteiger partial charge in [0, 0.05) is 12.6 Å². The Morgan fingerprint density at radius 3 is 3.00 bits per heavy atom. The standard InChI is InChI=1S/C8H18N2/c1-3-9-8-5-4-6-10(2)7-8/h8-9H,3-7H2,1-2H3/t8-/m0/s1. The highest BCUT2D eigenvalue weighted by Gasteiger charge is 2.14. The van der Waals surface area contributed by atoms with Gasteiger partial charge in [-0.3, -0.25) is 0 Å². The molecular weight excluding hydrogens is 124 g/mol. The minimum Gasteiger partial charge on any atom is -0.313 e. The molecule has 0 aromatic rings. The van der Waals surface area contributed by atoms with Gasteiger partial charge in [-0.25, -0.2) is 0 Å². The van der Waals surface area contributed by atoms with E-state index in [1.165, 1.54) is 25.9 Å². The van der Waals surface area contributed by atoms with E-state index in [1.807, 2.05) is 0 Å². The maximum Gasteiger partial charge on any atom is 0.0195 e. The summed E-state index contributed by atoms with van der Waals surface area (Å²) in [6.07, 6.45) is 2.71. The van der Waals surface area contributed by atoms with Crippen molar-refractivity contribution in [3.8, 4) is 0 Å². The molecule has 0 radical (unpaired) electrons. The Hall–Kier alpha value is -0.0800. The second-order valence-corrected chi connectivity index (χ2v) is 3.16. The zero-order chi connectivity index (χ0) is 7.40. The van der Waals surface area contributed by atoms with Crippen molar-refractivity contribution in [2.24, 2.45) is 0 Å². The number of hydrogen-bond acceptors (Lipinski definition) is 2. The van der Waals surface area contributed by atoms with E-state index in [-0.39, 0.29) is 0 Å². The molecule has 2 heteroatoms. The third kappa shape index (κ3) is 2.27. The number of nitrogens with zero attached hydrogens (tertiary/aromatic N) is 1. The first-order valence-corrected chi connectivity index (χ1v) is 4.25. The smallest absolute Gasteiger partial charge is 0.0195 e. The van der Waals surface area contributed by atoms with Crippen LogP contribution >= 0.6 is 0 Å². The van der Waals surface area contributed by atoms with E-state index >= 15 is 0 Å². The lowest BCUT2D eigenvalue weighted by Gasteiger charge is -2.29. The van der Waals surface area contributed by atoms with Crippen LogP contribution in [0.25, 0.3) is 0 Å². The first-order chi connectivity index (χ1) is 4.83. The summed E-state index contributed by atoms with van der Waals surface area (Å²) in [5.74, 6) is 0. The molecule has 1 aliphatic rings.